The van der Waals surface area contributed by atoms with E-state index >= 15 is 0 Å². The van der Waals surface area contributed by atoms with E-state index in [1.54, 1.807) is 6.20 Å². The summed E-state index contributed by atoms with van der Waals surface area (Å²) in [7, 11) is -11.0. The number of nitrogens with one attached hydrogen (secondary N) is 1. The molecule has 0 saturated heterocycles. The van der Waals surface area contributed by atoms with Crippen LogP contribution in [0.15, 0.2) is 12.4 Å². The van der Waals surface area contributed by atoms with E-state index in [2.05, 4.69) is 9.97 Å². The second-order valence-electron chi connectivity index (χ2n) is 4.22. The van der Waals surface area contributed by atoms with Crippen molar-refractivity contribution in [1.82, 2.24) is 9.97 Å². The Bertz CT molecular complexity index is 499. The maximum atomic E-state index is 11.1. The van der Waals surface area contributed by atoms with Crippen molar-refractivity contribution in [2.45, 2.75) is 24.5 Å². The summed E-state index contributed by atoms with van der Waals surface area (Å²) in [5.41, 5.74) is 0. The first-order valence-electron chi connectivity index (χ1n) is 5.41. The van der Waals surface area contributed by atoms with Gasteiger partial charge in [-0.05, 0) is 6.92 Å². The molecule has 0 amide bonds. The summed E-state index contributed by atoms with van der Waals surface area (Å²) in [5.74, 6) is 0.522. The van der Waals surface area contributed by atoms with Crippen LogP contribution in [0.3, 0.4) is 0 Å². The molecular formula is C8H16N2O8P2. The van der Waals surface area contributed by atoms with Gasteiger partial charge in [0.25, 0.3) is 5.08 Å². The average molecular weight is 330 g/mol. The van der Waals surface area contributed by atoms with Crippen LogP contribution in [-0.4, -0.2) is 52.4 Å². The number of hydrogen-bond donors (Lipinski definition) is 6. The molecule has 0 bridgehead atoms. The Morgan fingerprint density at radius 1 is 1.35 bits per heavy atom. The molecule has 1 unspecified atom stereocenters. The molecule has 1 atom stereocenters. The minimum Gasteiger partial charge on any atom is -0.374 e. The summed E-state index contributed by atoms with van der Waals surface area (Å²) >= 11 is 0. The van der Waals surface area contributed by atoms with E-state index < -0.39 is 33.0 Å². The lowest BCUT2D eigenvalue weighted by atomic mass is 10.3. The largest absolute Gasteiger partial charge is 0.374 e. The Balaban J connectivity index is 2.73. The fraction of sp³-hybridized carbons (Fsp3) is 0.625. The topological polar surface area (TPSA) is 173 Å². The molecule has 0 aromatic carbocycles. The SMILES string of the molecule is CC(Cc1ncc[nH]1)OCC(O)(P(=O)(O)O)P(=O)(O)O. The number of aromatic nitrogens is 2. The zero-order chi connectivity index (χ0) is 15.6. The van der Waals surface area contributed by atoms with Crippen molar-refractivity contribution in [3.8, 4) is 0 Å². The molecule has 1 aromatic rings. The van der Waals surface area contributed by atoms with Crippen LogP contribution >= 0.6 is 15.2 Å². The number of hydrogen-bond acceptors (Lipinski definition) is 5. The molecule has 12 heteroatoms. The molecule has 10 nitrogen and oxygen atoms in total. The molecule has 0 aliphatic carbocycles. The monoisotopic (exact) mass is 330 g/mol. The zero-order valence-electron chi connectivity index (χ0n) is 10.4. The highest BCUT2D eigenvalue weighted by atomic mass is 31.2. The highest BCUT2D eigenvalue weighted by Crippen LogP contribution is 2.67. The zero-order valence-corrected chi connectivity index (χ0v) is 12.2. The Morgan fingerprint density at radius 3 is 2.30 bits per heavy atom. The molecule has 20 heavy (non-hydrogen) atoms. The summed E-state index contributed by atoms with van der Waals surface area (Å²) in [5, 5.41) is 6.03. The first kappa shape index (κ1) is 17.5. The predicted octanol–water partition coefficient (Wildman–Crippen LogP) is -0.641. The van der Waals surface area contributed by atoms with Gasteiger partial charge in [-0.1, -0.05) is 0 Å². The lowest BCUT2D eigenvalue weighted by molar-refractivity contribution is -0.00868. The third-order valence-electron chi connectivity index (χ3n) is 2.53. The first-order valence-corrected chi connectivity index (χ1v) is 8.63. The van der Waals surface area contributed by atoms with Crippen molar-refractivity contribution < 1.29 is 38.5 Å². The molecule has 6 N–H and O–H groups in total. The number of ether oxygens (including phenoxy) is 1. The number of aromatic amines is 1. The molecule has 0 aliphatic heterocycles. The van der Waals surface area contributed by atoms with Gasteiger partial charge in [-0.2, -0.15) is 0 Å². The molecule has 0 fully saturated rings. The van der Waals surface area contributed by atoms with E-state index in [9.17, 15) is 14.2 Å². The molecule has 0 saturated carbocycles. The van der Waals surface area contributed by atoms with Gasteiger partial charge in [0.15, 0.2) is 0 Å². The third kappa shape index (κ3) is 3.97. The van der Waals surface area contributed by atoms with Gasteiger partial charge in [-0.15, -0.1) is 0 Å². The smallest absolute Gasteiger partial charge is 0.371 e. The number of rotatable bonds is 7. The molecule has 116 valence electrons. The quantitative estimate of drug-likeness (QED) is 0.355. The van der Waals surface area contributed by atoms with Crippen LogP contribution in [0.1, 0.15) is 12.7 Å². The van der Waals surface area contributed by atoms with Crippen LogP contribution in [0.25, 0.3) is 0 Å². The molecule has 0 aliphatic rings. The minimum absolute atomic E-state index is 0.214. The van der Waals surface area contributed by atoms with E-state index in [4.69, 9.17) is 24.3 Å². The predicted molar refractivity (Wildman–Crippen MR) is 66.7 cm³/mol. The third-order valence-corrected chi connectivity index (χ3v) is 6.22. The Morgan fingerprint density at radius 2 is 1.90 bits per heavy atom. The highest BCUT2D eigenvalue weighted by Gasteiger charge is 2.60. The van der Waals surface area contributed by atoms with Crippen molar-refractivity contribution in [2.24, 2.45) is 0 Å². The normalized spacial score (nSPS) is 15.3. The Kier molecular flexibility index (Phi) is 5.29. The summed E-state index contributed by atoms with van der Waals surface area (Å²) in [4.78, 5) is 42.3. The Hall–Kier alpha value is -0.570. The van der Waals surface area contributed by atoms with Gasteiger partial charge in [-0.3, -0.25) is 9.13 Å². The van der Waals surface area contributed by atoms with Gasteiger partial charge >= 0.3 is 15.2 Å². The minimum atomic E-state index is -5.49. The van der Waals surface area contributed by atoms with Crippen LogP contribution in [0.2, 0.25) is 0 Å². The first-order chi connectivity index (χ1) is 8.97. The van der Waals surface area contributed by atoms with Crippen LogP contribution in [0.5, 0.6) is 0 Å². The van der Waals surface area contributed by atoms with Crippen molar-refractivity contribution >= 4 is 15.2 Å². The maximum Gasteiger partial charge on any atom is 0.371 e. The second kappa shape index (κ2) is 6.05. The van der Waals surface area contributed by atoms with E-state index in [1.165, 1.54) is 13.1 Å². The molecular weight excluding hydrogens is 314 g/mol. The van der Waals surface area contributed by atoms with Crippen molar-refractivity contribution in [2.75, 3.05) is 6.61 Å². The number of imidazole rings is 1. The van der Waals surface area contributed by atoms with E-state index in [0.29, 0.717) is 5.82 Å². The fourth-order valence-electron chi connectivity index (χ4n) is 1.33. The van der Waals surface area contributed by atoms with E-state index in [-0.39, 0.29) is 6.42 Å². The number of H-pyrrole nitrogens is 1. The van der Waals surface area contributed by atoms with Gasteiger partial charge in [-0.25, -0.2) is 4.98 Å². The van der Waals surface area contributed by atoms with Gasteiger partial charge in [0, 0.05) is 18.8 Å². The van der Waals surface area contributed by atoms with E-state index in [1.807, 2.05) is 0 Å². The van der Waals surface area contributed by atoms with Crippen molar-refractivity contribution in [1.29, 1.82) is 0 Å². The highest BCUT2D eigenvalue weighted by molar-refractivity contribution is 7.72. The van der Waals surface area contributed by atoms with Crippen LogP contribution < -0.4 is 0 Å². The second-order valence-corrected chi connectivity index (χ2v) is 8.23. The summed E-state index contributed by atoms with van der Waals surface area (Å²) in [6.07, 6.45) is 2.59. The van der Waals surface area contributed by atoms with Gasteiger partial charge in [0.2, 0.25) is 0 Å². The fourth-order valence-corrected chi connectivity index (χ4v) is 3.18. The lowest BCUT2D eigenvalue weighted by Crippen LogP contribution is -2.36. The summed E-state index contributed by atoms with van der Waals surface area (Å²) in [6, 6.07) is 0. The maximum absolute atomic E-state index is 11.1. The van der Waals surface area contributed by atoms with Crippen LogP contribution in [0, 0.1) is 0 Å². The van der Waals surface area contributed by atoms with Crippen molar-refractivity contribution in [3.05, 3.63) is 18.2 Å². The molecule has 1 heterocycles. The van der Waals surface area contributed by atoms with Crippen LogP contribution in [-0.2, 0) is 20.3 Å². The Labute approximate surface area is 114 Å². The lowest BCUT2D eigenvalue weighted by Gasteiger charge is -2.29. The molecule has 0 spiro atoms. The van der Waals surface area contributed by atoms with Gasteiger partial charge in [0.05, 0.1) is 12.7 Å². The summed E-state index contributed by atoms with van der Waals surface area (Å²) < 4.78 is 27.1. The van der Waals surface area contributed by atoms with E-state index in [0.717, 1.165) is 0 Å². The molecule has 1 rings (SSSR count). The number of nitrogens with zero attached hydrogens (tertiary/aromatic N) is 1. The average Bonchev–Trinajstić information content (AvgIpc) is 2.75. The van der Waals surface area contributed by atoms with Gasteiger partial charge < -0.3 is 34.4 Å². The molecule has 0 radical (unpaired) electrons. The number of aliphatic hydroxyl groups is 1. The summed E-state index contributed by atoms with van der Waals surface area (Å²) in [6.45, 7) is 0.297. The van der Waals surface area contributed by atoms with Crippen LogP contribution in [0.4, 0.5) is 0 Å². The molecule has 1 aromatic heterocycles. The standard InChI is InChI=1S/C8H16N2O8P2/c1-6(4-7-9-2-3-10-7)18-5-8(11,19(12,13)14)20(15,16)17/h2-3,6,11H,4-5H2,1H3,(H,9,10)(H2,12,13,14)(H2,15,16,17). The van der Waals surface area contributed by atoms with Gasteiger partial charge in [0.1, 0.15) is 5.82 Å². The van der Waals surface area contributed by atoms with Crippen molar-refractivity contribution in [3.63, 3.8) is 0 Å².